The summed E-state index contributed by atoms with van der Waals surface area (Å²) >= 11 is 8.70. The van der Waals surface area contributed by atoms with Gasteiger partial charge in [0, 0.05) is 28.0 Å². The summed E-state index contributed by atoms with van der Waals surface area (Å²) in [5.41, 5.74) is 2.41. The highest BCUT2D eigenvalue weighted by Gasteiger charge is 2.17. The van der Waals surface area contributed by atoms with E-state index in [1.165, 1.54) is 0 Å². The summed E-state index contributed by atoms with van der Waals surface area (Å²) in [5.74, 6) is -0.00794. The molecule has 0 spiro atoms. The number of rotatable bonds is 7. The van der Waals surface area contributed by atoms with E-state index in [4.69, 9.17) is 17.0 Å². The van der Waals surface area contributed by atoms with Gasteiger partial charge < -0.3 is 15.0 Å². The first-order chi connectivity index (χ1) is 16.3. The van der Waals surface area contributed by atoms with Crippen LogP contribution in [-0.2, 0) is 0 Å². The summed E-state index contributed by atoms with van der Waals surface area (Å²) < 4.78 is 6.49. The third-order valence-electron chi connectivity index (χ3n) is 4.79. The molecule has 0 aromatic heterocycles. The van der Waals surface area contributed by atoms with Gasteiger partial charge in [-0.3, -0.25) is 14.9 Å². The molecule has 8 heteroatoms. The van der Waals surface area contributed by atoms with Gasteiger partial charge in [0.25, 0.3) is 11.8 Å². The number of benzene rings is 3. The molecule has 176 valence electrons. The Balaban J connectivity index is 1.66. The number of carbonyl (C=O) groups is 2. The fraction of sp³-hybridized carbons (Fsp3) is 0.192. The first kappa shape index (κ1) is 25.4. The lowest BCUT2D eigenvalue weighted by Crippen LogP contribution is -2.34. The van der Waals surface area contributed by atoms with Crippen molar-refractivity contribution < 1.29 is 14.3 Å². The number of para-hydroxylation sites is 1. The van der Waals surface area contributed by atoms with Crippen molar-refractivity contribution in [1.82, 2.24) is 5.32 Å². The van der Waals surface area contributed by atoms with Crippen LogP contribution in [0.25, 0.3) is 0 Å². The van der Waals surface area contributed by atoms with Crippen molar-refractivity contribution in [2.24, 2.45) is 0 Å². The third kappa shape index (κ3) is 6.65. The molecule has 6 nitrogen and oxygen atoms in total. The third-order valence-corrected chi connectivity index (χ3v) is 5.49. The van der Waals surface area contributed by atoms with E-state index < -0.39 is 0 Å². The predicted octanol–water partition coefficient (Wildman–Crippen LogP) is 6.03. The van der Waals surface area contributed by atoms with Crippen molar-refractivity contribution in [1.29, 1.82) is 0 Å². The molecule has 0 heterocycles. The zero-order valence-corrected chi connectivity index (χ0v) is 21.6. The fourth-order valence-corrected chi connectivity index (χ4v) is 3.84. The minimum absolute atomic E-state index is 0.0791. The summed E-state index contributed by atoms with van der Waals surface area (Å²) in [4.78, 5) is 27.5. The number of carbonyl (C=O) groups excluding carboxylic acids is 2. The van der Waals surface area contributed by atoms with Crippen LogP contribution < -0.4 is 20.3 Å². The molecule has 3 rings (SSSR count). The van der Waals surface area contributed by atoms with Crippen molar-refractivity contribution in [2.45, 2.75) is 26.9 Å². The Morgan fingerprint density at radius 2 is 1.71 bits per heavy atom. The molecule has 0 atom stereocenters. The standard InChI is InChI=1S/C26H26BrN3O3S/c1-4-30(21-8-6-5-7-9-21)25(32)18-10-13-20(14-11-18)28-26(34)29-24(31)22-16-19(27)12-15-23(22)33-17(2)3/h5-17H,4H2,1-3H3,(H2,28,29,31,34). The summed E-state index contributed by atoms with van der Waals surface area (Å²) in [7, 11) is 0. The smallest absolute Gasteiger partial charge is 0.261 e. The lowest BCUT2D eigenvalue weighted by atomic mass is 10.1. The van der Waals surface area contributed by atoms with Crippen LogP contribution in [0, 0.1) is 0 Å². The normalized spacial score (nSPS) is 10.5. The van der Waals surface area contributed by atoms with E-state index in [2.05, 4.69) is 26.6 Å². The van der Waals surface area contributed by atoms with Gasteiger partial charge in [0.05, 0.1) is 11.7 Å². The van der Waals surface area contributed by atoms with E-state index in [-0.39, 0.29) is 23.0 Å². The molecule has 2 amide bonds. The Morgan fingerprint density at radius 1 is 1.03 bits per heavy atom. The Labute approximate surface area is 213 Å². The SMILES string of the molecule is CCN(C(=O)c1ccc(NC(=S)NC(=O)c2cc(Br)ccc2OC(C)C)cc1)c1ccccc1. The first-order valence-electron chi connectivity index (χ1n) is 10.8. The van der Waals surface area contributed by atoms with Crippen LogP contribution in [0.2, 0.25) is 0 Å². The summed E-state index contributed by atoms with van der Waals surface area (Å²) in [6.45, 7) is 6.27. The average Bonchev–Trinajstić information content (AvgIpc) is 2.81. The fourth-order valence-electron chi connectivity index (χ4n) is 3.27. The quantitative estimate of drug-likeness (QED) is 0.358. The van der Waals surface area contributed by atoms with Crippen LogP contribution in [0.1, 0.15) is 41.5 Å². The second-order valence-electron chi connectivity index (χ2n) is 7.68. The number of nitrogens with zero attached hydrogens (tertiary/aromatic N) is 1. The van der Waals surface area contributed by atoms with E-state index in [1.54, 1.807) is 41.3 Å². The number of anilines is 2. The van der Waals surface area contributed by atoms with Crippen molar-refractivity contribution in [3.05, 3.63) is 88.4 Å². The Kier molecular flexibility index (Phi) is 8.79. The topological polar surface area (TPSA) is 70.7 Å². The molecule has 0 saturated carbocycles. The van der Waals surface area contributed by atoms with E-state index >= 15 is 0 Å². The van der Waals surface area contributed by atoms with Gasteiger partial charge in [-0.05, 0) is 87.6 Å². The minimum Gasteiger partial charge on any atom is -0.490 e. The highest BCUT2D eigenvalue weighted by atomic mass is 79.9. The molecule has 0 aliphatic rings. The van der Waals surface area contributed by atoms with Crippen LogP contribution in [-0.4, -0.2) is 29.6 Å². The second kappa shape index (κ2) is 11.8. The Hall–Kier alpha value is -3.23. The predicted molar refractivity (Wildman–Crippen MR) is 144 cm³/mol. The number of amides is 2. The maximum absolute atomic E-state index is 13.0. The highest BCUT2D eigenvalue weighted by Crippen LogP contribution is 2.24. The molecule has 0 fully saturated rings. The van der Waals surface area contributed by atoms with Crippen molar-refractivity contribution in [3.8, 4) is 5.75 Å². The lowest BCUT2D eigenvalue weighted by molar-refractivity contribution is 0.0968. The van der Waals surface area contributed by atoms with Crippen molar-refractivity contribution in [3.63, 3.8) is 0 Å². The zero-order chi connectivity index (χ0) is 24.7. The van der Waals surface area contributed by atoms with Crippen molar-refractivity contribution >= 4 is 56.4 Å². The number of hydrogen-bond acceptors (Lipinski definition) is 4. The van der Waals surface area contributed by atoms with E-state index in [9.17, 15) is 9.59 Å². The number of halogens is 1. The van der Waals surface area contributed by atoms with Gasteiger partial charge in [0.2, 0.25) is 0 Å². The molecule has 34 heavy (non-hydrogen) atoms. The number of nitrogens with one attached hydrogen (secondary N) is 2. The molecule has 0 aliphatic carbocycles. The van der Waals surface area contributed by atoms with Gasteiger partial charge in [-0.1, -0.05) is 34.1 Å². The maximum atomic E-state index is 13.0. The zero-order valence-electron chi connectivity index (χ0n) is 19.2. The second-order valence-corrected chi connectivity index (χ2v) is 9.00. The molecule has 0 aliphatic heterocycles. The number of hydrogen-bond donors (Lipinski definition) is 2. The Bertz CT molecular complexity index is 1170. The van der Waals surface area contributed by atoms with Crippen molar-refractivity contribution in [2.75, 3.05) is 16.8 Å². The van der Waals surface area contributed by atoms with Crippen LogP contribution in [0.4, 0.5) is 11.4 Å². The summed E-state index contributed by atoms with van der Waals surface area (Å²) in [6, 6.07) is 21.7. The molecule has 3 aromatic carbocycles. The van der Waals surface area contributed by atoms with Gasteiger partial charge in [0.15, 0.2) is 5.11 Å². The minimum atomic E-state index is -0.386. The molecule has 3 aromatic rings. The molecule has 0 radical (unpaired) electrons. The van der Waals surface area contributed by atoms with Gasteiger partial charge in [-0.15, -0.1) is 0 Å². The van der Waals surface area contributed by atoms with E-state index in [1.807, 2.05) is 57.2 Å². The summed E-state index contributed by atoms with van der Waals surface area (Å²) in [6.07, 6.45) is -0.0791. The molecule has 0 bridgehead atoms. The molecular weight excluding hydrogens is 514 g/mol. The Morgan fingerprint density at radius 3 is 2.32 bits per heavy atom. The van der Waals surface area contributed by atoms with Crippen LogP contribution in [0.15, 0.2) is 77.3 Å². The first-order valence-corrected chi connectivity index (χ1v) is 12.0. The van der Waals surface area contributed by atoms with E-state index in [0.29, 0.717) is 29.1 Å². The lowest BCUT2D eigenvalue weighted by Gasteiger charge is -2.21. The molecular formula is C26H26BrN3O3S. The maximum Gasteiger partial charge on any atom is 0.261 e. The van der Waals surface area contributed by atoms with Gasteiger partial charge in [-0.25, -0.2) is 0 Å². The highest BCUT2D eigenvalue weighted by molar-refractivity contribution is 9.10. The summed E-state index contributed by atoms with van der Waals surface area (Å²) in [5, 5.41) is 5.80. The largest absolute Gasteiger partial charge is 0.490 e. The van der Waals surface area contributed by atoms with Gasteiger partial charge >= 0.3 is 0 Å². The van der Waals surface area contributed by atoms with Crippen LogP contribution >= 0.6 is 28.1 Å². The van der Waals surface area contributed by atoms with Crippen LogP contribution in [0.5, 0.6) is 5.75 Å². The monoisotopic (exact) mass is 539 g/mol. The molecule has 0 unspecified atom stereocenters. The van der Waals surface area contributed by atoms with Crippen LogP contribution in [0.3, 0.4) is 0 Å². The number of ether oxygens (including phenoxy) is 1. The van der Waals surface area contributed by atoms with Gasteiger partial charge in [-0.2, -0.15) is 0 Å². The van der Waals surface area contributed by atoms with Gasteiger partial charge in [0.1, 0.15) is 5.75 Å². The molecule has 0 saturated heterocycles. The number of thiocarbonyl (C=S) groups is 1. The van der Waals surface area contributed by atoms with E-state index in [0.717, 1.165) is 10.2 Å². The average molecular weight is 540 g/mol. The molecule has 2 N–H and O–H groups in total.